The quantitative estimate of drug-likeness (QED) is 0.341. The number of aliphatic imine (C=N–C) groups is 1. The molecule has 0 radical (unpaired) electrons. The van der Waals surface area contributed by atoms with E-state index in [-0.39, 0.29) is 24.0 Å². The molecule has 2 unspecified atom stereocenters. The second kappa shape index (κ2) is 11.3. The van der Waals surface area contributed by atoms with E-state index in [1.54, 1.807) is 0 Å². The number of halogens is 1. The van der Waals surface area contributed by atoms with Crippen LogP contribution in [0.3, 0.4) is 0 Å². The smallest absolute Gasteiger partial charge is 0.193 e. The molecule has 162 valence electrons. The van der Waals surface area contributed by atoms with Gasteiger partial charge in [-0.15, -0.1) is 24.0 Å². The van der Waals surface area contributed by atoms with E-state index in [4.69, 9.17) is 9.47 Å². The molecule has 1 aliphatic carbocycles. The minimum absolute atomic E-state index is 0. The Hall–Kier alpha value is -0.120. The Bertz CT molecular complexity index is 489. The highest BCUT2D eigenvalue weighted by atomic mass is 127. The first-order valence-electron chi connectivity index (χ1n) is 11.2. The van der Waals surface area contributed by atoms with E-state index in [0.717, 1.165) is 70.0 Å². The lowest BCUT2D eigenvalue weighted by Crippen LogP contribution is -2.48. The molecule has 3 heterocycles. The topological polar surface area (TPSA) is 49.3 Å². The van der Waals surface area contributed by atoms with E-state index in [1.165, 1.54) is 45.2 Å². The number of nitrogens with zero attached hydrogens (tertiary/aromatic N) is 3. The molecular weight excluding hydrogens is 467 g/mol. The molecule has 4 fully saturated rings. The van der Waals surface area contributed by atoms with E-state index >= 15 is 0 Å². The number of likely N-dealkylation sites (tertiary alicyclic amines) is 2. The predicted octanol–water partition coefficient (Wildman–Crippen LogP) is 2.71. The molecule has 2 atom stereocenters. The van der Waals surface area contributed by atoms with Crippen molar-refractivity contribution in [1.82, 2.24) is 15.1 Å². The summed E-state index contributed by atoms with van der Waals surface area (Å²) in [4.78, 5) is 9.64. The van der Waals surface area contributed by atoms with Crippen LogP contribution in [-0.4, -0.2) is 87.0 Å². The van der Waals surface area contributed by atoms with Gasteiger partial charge in [-0.3, -0.25) is 4.99 Å². The van der Waals surface area contributed by atoms with Crippen LogP contribution in [0.4, 0.5) is 0 Å². The summed E-state index contributed by atoms with van der Waals surface area (Å²) in [6.07, 6.45) is 10.7. The van der Waals surface area contributed by atoms with Gasteiger partial charge in [-0.05, 0) is 63.8 Å². The van der Waals surface area contributed by atoms with Gasteiger partial charge in [0.25, 0.3) is 0 Å². The zero-order chi connectivity index (χ0) is 18.5. The Kier molecular flexibility index (Phi) is 9.12. The molecule has 4 aliphatic rings. The van der Waals surface area contributed by atoms with E-state index in [0.29, 0.717) is 12.2 Å². The van der Waals surface area contributed by atoms with Gasteiger partial charge in [0.1, 0.15) is 0 Å². The number of rotatable bonds is 6. The first kappa shape index (κ1) is 22.6. The van der Waals surface area contributed by atoms with Gasteiger partial charge in [-0.25, -0.2) is 0 Å². The average molecular weight is 506 g/mol. The van der Waals surface area contributed by atoms with Gasteiger partial charge < -0.3 is 24.6 Å². The normalized spacial score (nSPS) is 30.3. The Labute approximate surface area is 187 Å². The SMILES string of the molecule is CN=C(NCC1CCN(C2CC2)C1)N1CCC(OCC2CCCCO2)CC1.I. The summed E-state index contributed by atoms with van der Waals surface area (Å²) >= 11 is 0. The summed E-state index contributed by atoms with van der Waals surface area (Å²) < 4.78 is 11.9. The zero-order valence-electron chi connectivity index (χ0n) is 17.5. The summed E-state index contributed by atoms with van der Waals surface area (Å²) in [5.74, 6) is 1.85. The minimum atomic E-state index is 0. The molecule has 4 rings (SSSR count). The molecule has 0 aromatic carbocycles. The van der Waals surface area contributed by atoms with Crippen LogP contribution in [0.1, 0.15) is 51.4 Å². The monoisotopic (exact) mass is 506 g/mol. The summed E-state index contributed by atoms with van der Waals surface area (Å²) in [5, 5.41) is 3.65. The standard InChI is InChI=1S/C21H38N4O2.HI/c1-22-21(23-14-17-7-10-25(15-17)18-5-6-18)24-11-8-19(9-12-24)27-16-20-4-2-3-13-26-20;/h17-20H,2-16H2,1H3,(H,22,23);1H. The van der Waals surface area contributed by atoms with Crippen molar-refractivity contribution < 1.29 is 9.47 Å². The van der Waals surface area contributed by atoms with Gasteiger partial charge in [0, 0.05) is 45.9 Å². The van der Waals surface area contributed by atoms with Gasteiger partial charge in [0.15, 0.2) is 5.96 Å². The third-order valence-electron chi connectivity index (χ3n) is 6.67. The van der Waals surface area contributed by atoms with Crippen LogP contribution < -0.4 is 5.32 Å². The van der Waals surface area contributed by atoms with Crippen molar-refractivity contribution in [3.05, 3.63) is 0 Å². The van der Waals surface area contributed by atoms with E-state index in [1.807, 2.05) is 7.05 Å². The lowest BCUT2D eigenvalue weighted by atomic mass is 10.1. The van der Waals surface area contributed by atoms with Gasteiger partial charge in [0.05, 0.1) is 18.8 Å². The Morgan fingerprint density at radius 3 is 2.57 bits per heavy atom. The number of ether oxygens (including phenoxy) is 2. The van der Waals surface area contributed by atoms with Gasteiger partial charge in [-0.2, -0.15) is 0 Å². The summed E-state index contributed by atoms with van der Waals surface area (Å²) in [7, 11) is 1.91. The van der Waals surface area contributed by atoms with Gasteiger partial charge in [0.2, 0.25) is 0 Å². The zero-order valence-corrected chi connectivity index (χ0v) is 19.8. The van der Waals surface area contributed by atoms with Crippen LogP contribution >= 0.6 is 24.0 Å². The van der Waals surface area contributed by atoms with E-state index < -0.39 is 0 Å². The predicted molar refractivity (Wildman–Crippen MR) is 124 cm³/mol. The van der Waals surface area contributed by atoms with Crippen molar-refractivity contribution in [2.24, 2.45) is 10.9 Å². The lowest BCUT2D eigenvalue weighted by molar-refractivity contribution is -0.0721. The summed E-state index contributed by atoms with van der Waals surface area (Å²) in [6, 6.07) is 0.910. The summed E-state index contributed by atoms with van der Waals surface area (Å²) in [5.41, 5.74) is 0. The van der Waals surface area contributed by atoms with Crippen molar-refractivity contribution in [2.45, 2.75) is 69.6 Å². The summed E-state index contributed by atoms with van der Waals surface area (Å²) in [6.45, 7) is 7.39. The molecule has 1 saturated carbocycles. The highest BCUT2D eigenvalue weighted by Gasteiger charge is 2.34. The Morgan fingerprint density at radius 2 is 1.89 bits per heavy atom. The highest BCUT2D eigenvalue weighted by molar-refractivity contribution is 14.0. The molecule has 3 saturated heterocycles. The molecular formula is C21H39IN4O2. The van der Waals surface area contributed by atoms with Crippen molar-refractivity contribution >= 4 is 29.9 Å². The molecule has 0 spiro atoms. The Balaban J connectivity index is 0.00000225. The van der Waals surface area contributed by atoms with Crippen molar-refractivity contribution in [1.29, 1.82) is 0 Å². The fourth-order valence-corrected chi connectivity index (χ4v) is 4.78. The Morgan fingerprint density at radius 1 is 1.07 bits per heavy atom. The van der Waals surface area contributed by atoms with Crippen LogP contribution in [-0.2, 0) is 9.47 Å². The molecule has 0 aromatic heterocycles. The van der Waals surface area contributed by atoms with E-state index in [2.05, 4.69) is 20.1 Å². The second-order valence-corrected chi connectivity index (χ2v) is 8.82. The molecule has 0 aromatic rings. The van der Waals surface area contributed by atoms with Crippen molar-refractivity contribution in [2.75, 3.05) is 53.0 Å². The molecule has 3 aliphatic heterocycles. The highest BCUT2D eigenvalue weighted by Crippen LogP contribution is 2.31. The maximum Gasteiger partial charge on any atom is 0.193 e. The van der Waals surface area contributed by atoms with E-state index in [9.17, 15) is 0 Å². The maximum absolute atomic E-state index is 6.15. The van der Waals surface area contributed by atoms with Crippen LogP contribution in [0.25, 0.3) is 0 Å². The molecule has 1 N–H and O–H groups in total. The van der Waals surface area contributed by atoms with Gasteiger partial charge >= 0.3 is 0 Å². The third kappa shape index (κ3) is 6.44. The maximum atomic E-state index is 6.15. The number of hydrogen-bond acceptors (Lipinski definition) is 4. The van der Waals surface area contributed by atoms with Crippen molar-refractivity contribution in [3.8, 4) is 0 Å². The first-order valence-corrected chi connectivity index (χ1v) is 11.2. The molecule has 28 heavy (non-hydrogen) atoms. The molecule has 7 heteroatoms. The second-order valence-electron chi connectivity index (χ2n) is 8.82. The minimum Gasteiger partial charge on any atom is -0.376 e. The number of piperidine rings is 1. The molecule has 0 amide bonds. The lowest BCUT2D eigenvalue weighted by Gasteiger charge is -2.35. The fraction of sp³-hybridized carbons (Fsp3) is 0.952. The van der Waals surface area contributed by atoms with Crippen LogP contribution in [0.2, 0.25) is 0 Å². The van der Waals surface area contributed by atoms with Crippen molar-refractivity contribution in [3.63, 3.8) is 0 Å². The van der Waals surface area contributed by atoms with Gasteiger partial charge in [-0.1, -0.05) is 0 Å². The van der Waals surface area contributed by atoms with Crippen LogP contribution in [0.5, 0.6) is 0 Å². The number of guanidine groups is 1. The fourth-order valence-electron chi connectivity index (χ4n) is 4.78. The van der Waals surface area contributed by atoms with Crippen LogP contribution in [0, 0.1) is 5.92 Å². The largest absolute Gasteiger partial charge is 0.376 e. The average Bonchev–Trinajstić information content (AvgIpc) is 3.47. The molecule has 0 bridgehead atoms. The molecule has 6 nitrogen and oxygen atoms in total. The third-order valence-corrected chi connectivity index (χ3v) is 6.67. The first-order chi connectivity index (χ1) is 13.3. The van der Waals surface area contributed by atoms with Crippen LogP contribution in [0.15, 0.2) is 4.99 Å². The number of nitrogens with one attached hydrogen (secondary N) is 1. The number of hydrogen-bond donors (Lipinski definition) is 1.